The number of nitrogens with two attached hydrogens (primary N) is 1. The number of amidine groups is 1. The van der Waals surface area contributed by atoms with Crippen molar-refractivity contribution in [3.05, 3.63) is 29.3 Å². The standard InChI is InChI=1S/C17H27N3/c1-12(2)11-20(14-6-4-5-7-14)16-10-13(3)8-9-15(16)17(18)19/h8-10,12,14H,4-7,11H2,1-3H3,(H3,18,19). The van der Waals surface area contributed by atoms with Crippen LogP contribution >= 0.6 is 0 Å². The predicted molar refractivity (Wildman–Crippen MR) is 86.6 cm³/mol. The van der Waals surface area contributed by atoms with Crippen molar-refractivity contribution in [3.8, 4) is 0 Å². The van der Waals surface area contributed by atoms with E-state index in [1.54, 1.807) is 0 Å². The average Bonchev–Trinajstić information content (AvgIpc) is 2.88. The highest BCUT2D eigenvalue weighted by Crippen LogP contribution is 2.31. The molecule has 0 unspecified atom stereocenters. The molecule has 3 heteroatoms. The molecule has 3 N–H and O–H groups in total. The van der Waals surface area contributed by atoms with Gasteiger partial charge in [0, 0.05) is 23.8 Å². The van der Waals surface area contributed by atoms with Gasteiger partial charge in [-0.25, -0.2) is 0 Å². The van der Waals surface area contributed by atoms with Crippen LogP contribution in [0, 0.1) is 18.3 Å². The molecule has 1 fully saturated rings. The molecule has 0 atom stereocenters. The molecule has 2 rings (SSSR count). The number of hydrogen-bond donors (Lipinski definition) is 2. The third-order valence-electron chi connectivity index (χ3n) is 4.08. The highest BCUT2D eigenvalue weighted by Gasteiger charge is 2.25. The number of nitrogen functional groups attached to an aromatic ring is 1. The minimum Gasteiger partial charge on any atom is -0.384 e. The van der Waals surface area contributed by atoms with Crippen molar-refractivity contribution in [1.29, 1.82) is 5.41 Å². The second-order valence-electron chi connectivity index (χ2n) is 6.42. The fourth-order valence-electron chi connectivity index (χ4n) is 3.16. The lowest BCUT2D eigenvalue weighted by atomic mass is 10.0. The van der Waals surface area contributed by atoms with Gasteiger partial charge in [0.05, 0.1) is 0 Å². The maximum absolute atomic E-state index is 7.84. The Kier molecular flexibility index (Phi) is 4.69. The molecule has 20 heavy (non-hydrogen) atoms. The fourth-order valence-corrected chi connectivity index (χ4v) is 3.16. The quantitative estimate of drug-likeness (QED) is 0.635. The van der Waals surface area contributed by atoms with E-state index in [4.69, 9.17) is 11.1 Å². The van der Waals surface area contributed by atoms with E-state index in [0.717, 1.165) is 17.8 Å². The summed E-state index contributed by atoms with van der Waals surface area (Å²) in [5.41, 5.74) is 9.05. The van der Waals surface area contributed by atoms with Crippen molar-refractivity contribution in [1.82, 2.24) is 0 Å². The molecule has 0 amide bonds. The van der Waals surface area contributed by atoms with Gasteiger partial charge in [0.1, 0.15) is 5.84 Å². The topological polar surface area (TPSA) is 53.1 Å². The van der Waals surface area contributed by atoms with Crippen LogP contribution in [0.25, 0.3) is 0 Å². The molecule has 0 bridgehead atoms. The first-order chi connectivity index (χ1) is 9.49. The first-order valence-corrected chi connectivity index (χ1v) is 7.70. The van der Waals surface area contributed by atoms with Gasteiger partial charge in [0.15, 0.2) is 0 Å². The summed E-state index contributed by atoms with van der Waals surface area (Å²) < 4.78 is 0. The molecule has 1 aliphatic rings. The molecule has 110 valence electrons. The van der Waals surface area contributed by atoms with Gasteiger partial charge in [0.25, 0.3) is 0 Å². The van der Waals surface area contributed by atoms with E-state index < -0.39 is 0 Å². The lowest BCUT2D eigenvalue weighted by Crippen LogP contribution is -2.37. The number of benzene rings is 1. The van der Waals surface area contributed by atoms with Crippen molar-refractivity contribution >= 4 is 11.5 Å². The summed E-state index contributed by atoms with van der Waals surface area (Å²) in [7, 11) is 0. The monoisotopic (exact) mass is 273 g/mol. The zero-order valence-corrected chi connectivity index (χ0v) is 12.9. The molecule has 1 aromatic rings. The number of nitrogens with zero attached hydrogens (tertiary/aromatic N) is 1. The van der Waals surface area contributed by atoms with E-state index in [0.29, 0.717) is 12.0 Å². The summed E-state index contributed by atoms with van der Waals surface area (Å²) in [6, 6.07) is 6.84. The van der Waals surface area contributed by atoms with Crippen LogP contribution in [0.4, 0.5) is 5.69 Å². The van der Waals surface area contributed by atoms with Crippen molar-refractivity contribution in [2.24, 2.45) is 11.7 Å². The minimum absolute atomic E-state index is 0.173. The Morgan fingerprint density at radius 3 is 2.55 bits per heavy atom. The van der Waals surface area contributed by atoms with Crippen molar-refractivity contribution in [2.75, 3.05) is 11.4 Å². The first-order valence-electron chi connectivity index (χ1n) is 7.70. The summed E-state index contributed by atoms with van der Waals surface area (Å²) in [5, 5.41) is 7.84. The largest absolute Gasteiger partial charge is 0.384 e. The summed E-state index contributed by atoms with van der Waals surface area (Å²) in [4.78, 5) is 2.50. The number of anilines is 1. The lowest BCUT2D eigenvalue weighted by molar-refractivity contribution is 0.535. The van der Waals surface area contributed by atoms with Crippen LogP contribution in [0.1, 0.15) is 50.7 Å². The highest BCUT2D eigenvalue weighted by molar-refractivity contribution is 6.00. The van der Waals surface area contributed by atoms with E-state index >= 15 is 0 Å². The normalized spacial score (nSPS) is 15.8. The van der Waals surface area contributed by atoms with Crippen LogP contribution < -0.4 is 10.6 Å². The van der Waals surface area contributed by atoms with Crippen LogP contribution in [-0.4, -0.2) is 18.4 Å². The number of aryl methyl sites for hydroxylation is 1. The molecule has 0 radical (unpaired) electrons. The molecule has 3 nitrogen and oxygen atoms in total. The zero-order chi connectivity index (χ0) is 14.7. The Morgan fingerprint density at radius 1 is 1.35 bits per heavy atom. The smallest absolute Gasteiger partial charge is 0.124 e. The maximum atomic E-state index is 7.84. The van der Waals surface area contributed by atoms with Gasteiger partial charge < -0.3 is 10.6 Å². The SMILES string of the molecule is Cc1ccc(C(=N)N)c(N(CC(C)C)C2CCCC2)c1. The van der Waals surface area contributed by atoms with Gasteiger partial charge in [-0.05, 0) is 43.4 Å². The van der Waals surface area contributed by atoms with Gasteiger partial charge in [0.2, 0.25) is 0 Å². The Bertz CT molecular complexity index is 473. The van der Waals surface area contributed by atoms with Crippen molar-refractivity contribution in [3.63, 3.8) is 0 Å². The van der Waals surface area contributed by atoms with E-state index in [1.807, 2.05) is 12.1 Å². The van der Waals surface area contributed by atoms with Gasteiger partial charge in [-0.1, -0.05) is 32.8 Å². The lowest BCUT2D eigenvalue weighted by Gasteiger charge is -2.34. The second kappa shape index (κ2) is 6.29. The van der Waals surface area contributed by atoms with Crippen LogP contribution in [-0.2, 0) is 0 Å². The molecule has 1 saturated carbocycles. The molecule has 0 aliphatic heterocycles. The molecule has 0 saturated heterocycles. The highest BCUT2D eigenvalue weighted by atomic mass is 15.2. The van der Waals surface area contributed by atoms with E-state index in [2.05, 4.69) is 31.7 Å². The van der Waals surface area contributed by atoms with Crippen LogP contribution in [0.5, 0.6) is 0 Å². The van der Waals surface area contributed by atoms with E-state index in [1.165, 1.54) is 31.2 Å². The van der Waals surface area contributed by atoms with Crippen LogP contribution in [0.15, 0.2) is 18.2 Å². The molecule has 0 spiro atoms. The molecule has 0 heterocycles. The summed E-state index contributed by atoms with van der Waals surface area (Å²) in [6.07, 6.45) is 5.16. The average molecular weight is 273 g/mol. The Balaban J connectivity index is 2.40. The van der Waals surface area contributed by atoms with Crippen molar-refractivity contribution < 1.29 is 0 Å². The number of rotatable bonds is 5. The molecule has 1 aliphatic carbocycles. The summed E-state index contributed by atoms with van der Waals surface area (Å²) in [5.74, 6) is 0.780. The first kappa shape index (κ1) is 14.9. The summed E-state index contributed by atoms with van der Waals surface area (Å²) >= 11 is 0. The van der Waals surface area contributed by atoms with E-state index in [9.17, 15) is 0 Å². The summed E-state index contributed by atoms with van der Waals surface area (Å²) in [6.45, 7) is 7.65. The van der Waals surface area contributed by atoms with Crippen LogP contribution in [0.2, 0.25) is 0 Å². The predicted octanol–water partition coefficient (Wildman–Crippen LogP) is 3.68. The number of hydrogen-bond acceptors (Lipinski definition) is 2. The third kappa shape index (κ3) is 3.33. The molecular formula is C17H27N3. The third-order valence-corrected chi connectivity index (χ3v) is 4.08. The van der Waals surface area contributed by atoms with Gasteiger partial charge in [-0.15, -0.1) is 0 Å². The van der Waals surface area contributed by atoms with Gasteiger partial charge >= 0.3 is 0 Å². The Labute approximate surface area is 122 Å². The maximum Gasteiger partial charge on any atom is 0.124 e. The van der Waals surface area contributed by atoms with Crippen LogP contribution in [0.3, 0.4) is 0 Å². The Morgan fingerprint density at radius 2 is 2.00 bits per heavy atom. The minimum atomic E-state index is 0.173. The molecule has 1 aromatic carbocycles. The molecular weight excluding hydrogens is 246 g/mol. The molecule has 0 aromatic heterocycles. The zero-order valence-electron chi connectivity index (χ0n) is 12.9. The van der Waals surface area contributed by atoms with Gasteiger partial charge in [-0.2, -0.15) is 0 Å². The van der Waals surface area contributed by atoms with Crippen molar-refractivity contribution in [2.45, 2.75) is 52.5 Å². The Hall–Kier alpha value is -1.51. The van der Waals surface area contributed by atoms with E-state index in [-0.39, 0.29) is 5.84 Å². The second-order valence-corrected chi connectivity index (χ2v) is 6.42. The fraction of sp³-hybridized carbons (Fsp3) is 0.588. The number of nitrogens with one attached hydrogen (secondary N) is 1. The van der Waals surface area contributed by atoms with Gasteiger partial charge in [-0.3, -0.25) is 5.41 Å².